The van der Waals surface area contributed by atoms with E-state index in [-0.39, 0.29) is 0 Å². The molecular weight excluding hydrogens is 172 g/mol. The molecule has 70 valence electrons. The maximum absolute atomic E-state index is 10.5. The van der Waals surface area contributed by atoms with Gasteiger partial charge in [-0.3, -0.25) is 4.79 Å². The molecule has 0 radical (unpaired) electrons. The van der Waals surface area contributed by atoms with E-state index in [4.69, 9.17) is 15.4 Å². The van der Waals surface area contributed by atoms with Crippen molar-refractivity contribution in [2.24, 2.45) is 5.73 Å². The van der Waals surface area contributed by atoms with Crippen molar-refractivity contribution >= 4 is 5.97 Å². The molecule has 1 atom stereocenters. The van der Waals surface area contributed by atoms with Crippen LogP contribution in [0.25, 0.3) is 0 Å². The smallest absolute Gasteiger partial charge is 0.326 e. The molecule has 5 heteroatoms. The van der Waals surface area contributed by atoms with Crippen molar-refractivity contribution in [2.75, 3.05) is 0 Å². The molecule has 1 unspecified atom stereocenters. The zero-order valence-corrected chi connectivity index (χ0v) is 6.93. The molecule has 1 saturated carbocycles. The molecule has 0 bridgehead atoms. The highest BCUT2D eigenvalue weighted by molar-refractivity contribution is 5.74. The molecule has 1 aromatic rings. The van der Waals surface area contributed by atoms with Gasteiger partial charge in [-0.25, -0.2) is 0 Å². The van der Waals surface area contributed by atoms with Gasteiger partial charge in [0.05, 0.1) is 0 Å². The van der Waals surface area contributed by atoms with Gasteiger partial charge in [-0.1, -0.05) is 5.16 Å². The Morgan fingerprint density at radius 3 is 3.00 bits per heavy atom. The molecule has 3 N–H and O–H groups in total. The first kappa shape index (κ1) is 8.25. The second-order valence-electron chi connectivity index (χ2n) is 3.24. The van der Waals surface area contributed by atoms with Crippen molar-refractivity contribution in [3.63, 3.8) is 0 Å². The molecule has 0 amide bonds. The van der Waals surface area contributed by atoms with Crippen molar-refractivity contribution < 1.29 is 14.4 Å². The Kier molecular flexibility index (Phi) is 1.81. The fourth-order valence-electron chi connectivity index (χ4n) is 1.14. The zero-order chi connectivity index (χ0) is 9.42. The maximum atomic E-state index is 10.5. The third-order valence-corrected chi connectivity index (χ3v) is 2.11. The second-order valence-corrected chi connectivity index (χ2v) is 3.24. The molecular formula is C8H10N2O3. The highest BCUT2D eigenvalue weighted by Gasteiger charge is 2.29. The van der Waals surface area contributed by atoms with Crippen LogP contribution in [0, 0.1) is 0 Å². The lowest BCUT2D eigenvalue weighted by atomic mass is 10.2. The standard InChI is InChI=1S/C8H10N2O3/c9-7(8(11)12)5-3-6(13-10-5)4-1-2-4/h3-4,7H,1-2,9H2,(H,11,12). The molecule has 1 fully saturated rings. The summed E-state index contributed by atoms with van der Waals surface area (Å²) in [5, 5.41) is 12.2. The van der Waals surface area contributed by atoms with Crippen LogP contribution < -0.4 is 5.73 Å². The molecule has 0 spiro atoms. The Morgan fingerprint density at radius 1 is 1.77 bits per heavy atom. The van der Waals surface area contributed by atoms with Gasteiger partial charge in [0, 0.05) is 12.0 Å². The molecule has 0 aromatic carbocycles. The fraction of sp³-hybridized carbons (Fsp3) is 0.500. The van der Waals surface area contributed by atoms with Crippen LogP contribution in [0.4, 0.5) is 0 Å². The van der Waals surface area contributed by atoms with Crippen molar-refractivity contribution in [3.8, 4) is 0 Å². The Labute approximate surface area is 74.5 Å². The van der Waals surface area contributed by atoms with Crippen LogP contribution in [-0.4, -0.2) is 16.2 Å². The van der Waals surface area contributed by atoms with Crippen LogP contribution in [0.3, 0.4) is 0 Å². The predicted octanol–water partition coefficient (Wildman–Crippen LogP) is 0.636. The van der Waals surface area contributed by atoms with Crippen molar-refractivity contribution in [2.45, 2.75) is 24.8 Å². The summed E-state index contributed by atoms with van der Waals surface area (Å²) in [5.74, 6) is 0.101. The van der Waals surface area contributed by atoms with Gasteiger partial charge < -0.3 is 15.4 Å². The largest absolute Gasteiger partial charge is 0.480 e. The number of carboxylic acid groups (broad SMARTS) is 1. The van der Waals surface area contributed by atoms with E-state index in [1.54, 1.807) is 6.07 Å². The van der Waals surface area contributed by atoms with E-state index in [2.05, 4.69) is 5.16 Å². The summed E-state index contributed by atoms with van der Waals surface area (Å²) in [4.78, 5) is 10.5. The number of aromatic nitrogens is 1. The summed E-state index contributed by atoms with van der Waals surface area (Å²) in [7, 11) is 0. The Bertz CT molecular complexity index is 330. The lowest BCUT2D eigenvalue weighted by Crippen LogP contribution is -2.20. The molecule has 0 saturated heterocycles. The summed E-state index contributed by atoms with van der Waals surface area (Å²) < 4.78 is 4.97. The topological polar surface area (TPSA) is 89.4 Å². The number of nitrogens with two attached hydrogens (primary N) is 1. The molecule has 1 aromatic heterocycles. The molecule has 13 heavy (non-hydrogen) atoms. The number of carboxylic acids is 1. The van der Waals surface area contributed by atoms with E-state index < -0.39 is 12.0 Å². The quantitative estimate of drug-likeness (QED) is 0.715. The summed E-state index contributed by atoms with van der Waals surface area (Å²) in [6.07, 6.45) is 2.19. The Morgan fingerprint density at radius 2 is 2.46 bits per heavy atom. The molecule has 2 rings (SSSR count). The maximum Gasteiger partial charge on any atom is 0.326 e. The highest BCUT2D eigenvalue weighted by atomic mass is 16.5. The number of nitrogens with zero attached hydrogens (tertiary/aromatic N) is 1. The van der Waals surface area contributed by atoms with Gasteiger partial charge in [-0.15, -0.1) is 0 Å². The average Bonchev–Trinajstić information content (AvgIpc) is 2.83. The van der Waals surface area contributed by atoms with Gasteiger partial charge >= 0.3 is 5.97 Å². The van der Waals surface area contributed by atoms with E-state index >= 15 is 0 Å². The first-order valence-electron chi connectivity index (χ1n) is 4.13. The minimum absolute atomic E-state index is 0.300. The number of aliphatic carboxylic acids is 1. The van der Waals surface area contributed by atoms with Gasteiger partial charge in [0.25, 0.3) is 0 Å². The summed E-state index contributed by atoms with van der Waals surface area (Å²) in [6.45, 7) is 0. The number of hydrogen-bond acceptors (Lipinski definition) is 4. The van der Waals surface area contributed by atoms with Gasteiger partial charge in [0.15, 0.2) is 0 Å². The molecule has 0 aliphatic heterocycles. The third kappa shape index (κ3) is 1.55. The number of hydrogen-bond donors (Lipinski definition) is 2. The normalized spacial score (nSPS) is 18.5. The number of rotatable bonds is 3. The minimum Gasteiger partial charge on any atom is -0.480 e. The SMILES string of the molecule is NC(C(=O)O)c1cc(C2CC2)on1. The van der Waals surface area contributed by atoms with Crippen LogP contribution in [0.1, 0.15) is 36.3 Å². The van der Waals surface area contributed by atoms with Gasteiger partial charge in [-0.05, 0) is 12.8 Å². The first-order chi connectivity index (χ1) is 6.18. The van der Waals surface area contributed by atoms with E-state index in [0.717, 1.165) is 18.6 Å². The number of carbonyl (C=O) groups is 1. The average molecular weight is 182 g/mol. The van der Waals surface area contributed by atoms with Crippen molar-refractivity contribution in [3.05, 3.63) is 17.5 Å². The van der Waals surface area contributed by atoms with E-state index in [0.29, 0.717) is 11.6 Å². The van der Waals surface area contributed by atoms with Crippen LogP contribution in [-0.2, 0) is 4.79 Å². The van der Waals surface area contributed by atoms with Crippen LogP contribution in [0.5, 0.6) is 0 Å². The lowest BCUT2D eigenvalue weighted by Gasteiger charge is -1.98. The van der Waals surface area contributed by atoms with E-state index in [1.807, 2.05) is 0 Å². The van der Waals surface area contributed by atoms with Crippen LogP contribution in [0.2, 0.25) is 0 Å². The van der Waals surface area contributed by atoms with Crippen LogP contribution in [0.15, 0.2) is 10.6 Å². The lowest BCUT2D eigenvalue weighted by molar-refractivity contribution is -0.138. The van der Waals surface area contributed by atoms with E-state index in [9.17, 15) is 4.79 Å². The highest BCUT2D eigenvalue weighted by Crippen LogP contribution is 2.40. The monoisotopic (exact) mass is 182 g/mol. The first-order valence-corrected chi connectivity index (χ1v) is 4.13. The van der Waals surface area contributed by atoms with Crippen molar-refractivity contribution in [1.29, 1.82) is 0 Å². The van der Waals surface area contributed by atoms with Gasteiger partial charge in [-0.2, -0.15) is 0 Å². The van der Waals surface area contributed by atoms with E-state index in [1.165, 1.54) is 0 Å². The Balaban J connectivity index is 2.16. The molecule has 1 aliphatic carbocycles. The molecule has 1 aliphatic rings. The summed E-state index contributed by atoms with van der Waals surface area (Å²) in [5.41, 5.74) is 5.65. The third-order valence-electron chi connectivity index (χ3n) is 2.11. The molecule has 5 nitrogen and oxygen atoms in total. The van der Waals surface area contributed by atoms with Crippen LogP contribution >= 0.6 is 0 Å². The second kappa shape index (κ2) is 2.85. The Hall–Kier alpha value is -1.36. The van der Waals surface area contributed by atoms with Gasteiger partial charge in [0.1, 0.15) is 17.5 Å². The summed E-state index contributed by atoms with van der Waals surface area (Å²) >= 11 is 0. The minimum atomic E-state index is -1.09. The molecule has 1 heterocycles. The zero-order valence-electron chi connectivity index (χ0n) is 6.93. The van der Waals surface area contributed by atoms with Gasteiger partial charge in [0.2, 0.25) is 0 Å². The summed E-state index contributed by atoms with van der Waals surface area (Å²) in [6, 6.07) is 0.562. The predicted molar refractivity (Wildman–Crippen MR) is 43.0 cm³/mol. The fourth-order valence-corrected chi connectivity index (χ4v) is 1.14. The van der Waals surface area contributed by atoms with Crippen molar-refractivity contribution in [1.82, 2.24) is 5.16 Å².